The van der Waals surface area contributed by atoms with Crippen LogP contribution in [0.25, 0.3) is 0 Å². The number of phenolic OH excluding ortho intramolecular Hbond substituents is 1. The smallest absolute Gasteiger partial charge is 0.255 e. The zero-order chi connectivity index (χ0) is 14.3. The van der Waals surface area contributed by atoms with Crippen LogP contribution in [0.1, 0.15) is 29.6 Å². The van der Waals surface area contributed by atoms with Crippen molar-refractivity contribution in [1.29, 1.82) is 0 Å². The second-order valence-corrected chi connectivity index (χ2v) is 6.30. The van der Waals surface area contributed by atoms with Gasteiger partial charge in [0.1, 0.15) is 5.75 Å². The molecule has 3 unspecified atom stereocenters. The molecule has 1 saturated heterocycles. The van der Waals surface area contributed by atoms with Gasteiger partial charge in [-0.3, -0.25) is 4.79 Å². The molecule has 4 nitrogen and oxygen atoms in total. The molecule has 0 radical (unpaired) electrons. The topological polar surface area (TPSA) is 66.6 Å². The lowest BCUT2D eigenvalue weighted by Crippen LogP contribution is -2.38. The monoisotopic (exact) mass is 294 g/mol. The summed E-state index contributed by atoms with van der Waals surface area (Å²) in [6.07, 6.45) is 3.35. The molecule has 108 valence electrons. The Hall–Kier alpha value is -1.26. The second kappa shape index (κ2) is 5.26. The highest BCUT2D eigenvalue weighted by atomic mass is 35.5. The average Bonchev–Trinajstić information content (AvgIpc) is 2.86. The highest BCUT2D eigenvalue weighted by Gasteiger charge is 2.40. The molecule has 3 N–H and O–H groups in total. The predicted molar refractivity (Wildman–Crippen MR) is 77.8 cm³/mol. The van der Waals surface area contributed by atoms with Crippen molar-refractivity contribution in [2.45, 2.75) is 25.3 Å². The third kappa shape index (κ3) is 2.38. The number of carbonyl (C=O) groups is 1. The fraction of sp³-hybridized carbons (Fsp3) is 0.533. The lowest BCUT2D eigenvalue weighted by atomic mass is 9.78. The summed E-state index contributed by atoms with van der Waals surface area (Å²) in [6, 6.07) is 4.68. The molecule has 20 heavy (non-hydrogen) atoms. The van der Waals surface area contributed by atoms with Gasteiger partial charge in [-0.2, -0.15) is 0 Å². The number of phenols is 1. The molecule has 3 rings (SSSR count). The molecule has 0 spiro atoms. The number of nitrogens with zero attached hydrogens (tertiary/aromatic N) is 1. The largest absolute Gasteiger partial charge is 0.508 e. The summed E-state index contributed by atoms with van der Waals surface area (Å²) in [5, 5.41) is 9.91. The third-order valence-electron chi connectivity index (χ3n) is 4.62. The Balaban J connectivity index is 1.80. The van der Waals surface area contributed by atoms with Crippen molar-refractivity contribution in [3.05, 3.63) is 28.8 Å². The van der Waals surface area contributed by atoms with Crippen molar-refractivity contribution in [3.8, 4) is 5.75 Å². The molecule has 5 heteroatoms. The fourth-order valence-corrected chi connectivity index (χ4v) is 3.73. The second-order valence-electron chi connectivity index (χ2n) is 5.89. The SMILES string of the molecule is NC1CCCC2CN(C(=O)c3cc(O)ccc3Cl)CC12. The molecule has 3 atom stereocenters. The molecule has 1 amide bonds. The van der Waals surface area contributed by atoms with Crippen molar-refractivity contribution >= 4 is 17.5 Å². The average molecular weight is 295 g/mol. The summed E-state index contributed by atoms with van der Waals surface area (Å²) >= 11 is 6.07. The minimum atomic E-state index is -0.104. The maximum absolute atomic E-state index is 12.6. The van der Waals surface area contributed by atoms with Crippen LogP contribution >= 0.6 is 11.6 Å². The van der Waals surface area contributed by atoms with E-state index >= 15 is 0 Å². The highest BCUT2D eigenvalue weighted by molar-refractivity contribution is 6.33. The van der Waals surface area contributed by atoms with Crippen molar-refractivity contribution < 1.29 is 9.90 Å². The zero-order valence-corrected chi connectivity index (χ0v) is 12.0. The van der Waals surface area contributed by atoms with Gasteiger partial charge in [0.2, 0.25) is 0 Å². The van der Waals surface area contributed by atoms with E-state index in [-0.39, 0.29) is 17.7 Å². The molecule has 1 aromatic rings. The van der Waals surface area contributed by atoms with Gasteiger partial charge in [0.25, 0.3) is 5.91 Å². The van der Waals surface area contributed by atoms with Crippen molar-refractivity contribution in [3.63, 3.8) is 0 Å². The number of benzene rings is 1. The third-order valence-corrected chi connectivity index (χ3v) is 4.95. The quantitative estimate of drug-likeness (QED) is 0.835. The number of aromatic hydroxyl groups is 1. The number of likely N-dealkylation sites (tertiary alicyclic amines) is 1. The minimum absolute atomic E-state index is 0.0612. The highest BCUT2D eigenvalue weighted by Crippen LogP contribution is 2.36. The van der Waals surface area contributed by atoms with Crippen LogP contribution in [-0.2, 0) is 0 Å². The van der Waals surface area contributed by atoms with Gasteiger partial charge in [0, 0.05) is 19.1 Å². The molecular formula is C15H19ClN2O2. The summed E-state index contributed by atoms with van der Waals surface area (Å²) in [4.78, 5) is 14.4. The zero-order valence-electron chi connectivity index (χ0n) is 11.3. The van der Waals surface area contributed by atoms with Crippen LogP contribution in [-0.4, -0.2) is 35.0 Å². The first-order valence-corrected chi connectivity index (χ1v) is 7.47. The minimum Gasteiger partial charge on any atom is -0.508 e. The van der Waals surface area contributed by atoms with E-state index in [1.165, 1.54) is 12.1 Å². The Bertz CT molecular complexity index is 535. The van der Waals surface area contributed by atoms with E-state index in [1.54, 1.807) is 6.07 Å². The van der Waals surface area contributed by atoms with Crippen LogP contribution in [0, 0.1) is 11.8 Å². The molecule has 1 heterocycles. The van der Waals surface area contributed by atoms with Crippen molar-refractivity contribution in [2.75, 3.05) is 13.1 Å². The Morgan fingerprint density at radius 1 is 1.35 bits per heavy atom. The number of carbonyl (C=O) groups excluding carboxylic acids is 1. The molecule has 0 bridgehead atoms. The van der Waals surface area contributed by atoms with E-state index in [1.807, 2.05) is 4.90 Å². The van der Waals surface area contributed by atoms with Gasteiger partial charge in [-0.15, -0.1) is 0 Å². The standard InChI is InChI=1S/C15H19ClN2O2/c16-13-5-4-10(19)6-11(13)15(20)18-7-9-2-1-3-14(17)12(9)8-18/h4-6,9,12,14,19H,1-3,7-8,17H2. The summed E-state index contributed by atoms with van der Waals surface area (Å²) < 4.78 is 0. The first-order valence-electron chi connectivity index (χ1n) is 7.09. The number of nitrogens with two attached hydrogens (primary N) is 1. The molecule has 1 aliphatic heterocycles. The number of rotatable bonds is 1. The van der Waals surface area contributed by atoms with Crippen LogP contribution in [0.2, 0.25) is 5.02 Å². The van der Waals surface area contributed by atoms with Crippen LogP contribution < -0.4 is 5.73 Å². The van der Waals surface area contributed by atoms with Crippen LogP contribution in [0.5, 0.6) is 5.75 Å². The van der Waals surface area contributed by atoms with Crippen LogP contribution in [0.15, 0.2) is 18.2 Å². The molecule has 1 aliphatic carbocycles. The number of hydrogen-bond donors (Lipinski definition) is 2. The lowest BCUT2D eigenvalue weighted by molar-refractivity contribution is 0.0783. The summed E-state index contributed by atoms with van der Waals surface area (Å²) in [5.41, 5.74) is 6.54. The molecule has 1 saturated carbocycles. The van der Waals surface area contributed by atoms with E-state index in [2.05, 4.69) is 0 Å². The normalized spacial score (nSPS) is 29.3. The van der Waals surface area contributed by atoms with E-state index in [0.29, 0.717) is 29.0 Å². The van der Waals surface area contributed by atoms with Crippen molar-refractivity contribution in [2.24, 2.45) is 17.6 Å². The van der Waals surface area contributed by atoms with Gasteiger partial charge in [-0.1, -0.05) is 18.0 Å². The fourth-order valence-electron chi connectivity index (χ4n) is 3.53. The van der Waals surface area contributed by atoms with Gasteiger partial charge in [0.05, 0.1) is 10.6 Å². The first-order chi connectivity index (χ1) is 9.56. The predicted octanol–water partition coefficient (Wildman–Crippen LogP) is 2.25. The van der Waals surface area contributed by atoms with E-state index in [0.717, 1.165) is 25.8 Å². The maximum Gasteiger partial charge on any atom is 0.255 e. The van der Waals surface area contributed by atoms with Crippen LogP contribution in [0.3, 0.4) is 0 Å². The lowest BCUT2D eigenvalue weighted by Gasteiger charge is -2.29. The maximum atomic E-state index is 12.6. The number of halogens is 1. The Morgan fingerprint density at radius 2 is 2.15 bits per heavy atom. The molecule has 2 fully saturated rings. The Morgan fingerprint density at radius 3 is 2.90 bits per heavy atom. The molecule has 2 aliphatic rings. The van der Waals surface area contributed by atoms with Gasteiger partial charge in [0.15, 0.2) is 0 Å². The molecule has 1 aromatic carbocycles. The summed E-state index contributed by atoms with van der Waals surface area (Å²) in [6.45, 7) is 1.46. The molecule has 0 aromatic heterocycles. The number of fused-ring (bicyclic) bond motifs is 1. The Labute approximate surface area is 123 Å². The number of hydrogen-bond acceptors (Lipinski definition) is 3. The summed E-state index contributed by atoms with van der Waals surface area (Å²) in [7, 11) is 0. The molecular weight excluding hydrogens is 276 g/mol. The number of amides is 1. The van der Waals surface area contributed by atoms with Crippen LogP contribution in [0.4, 0.5) is 0 Å². The summed E-state index contributed by atoms with van der Waals surface area (Å²) in [5.74, 6) is 0.876. The van der Waals surface area contributed by atoms with E-state index in [9.17, 15) is 9.90 Å². The van der Waals surface area contributed by atoms with Gasteiger partial charge in [-0.05, 0) is 42.9 Å². The van der Waals surface area contributed by atoms with E-state index < -0.39 is 0 Å². The van der Waals surface area contributed by atoms with Gasteiger partial charge in [-0.25, -0.2) is 0 Å². The van der Waals surface area contributed by atoms with Gasteiger partial charge < -0.3 is 15.7 Å². The van der Waals surface area contributed by atoms with Gasteiger partial charge >= 0.3 is 0 Å². The Kier molecular flexibility index (Phi) is 3.61. The van der Waals surface area contributed by atoms with E-state index in [4.69, 9.17) is 17.3 Å². The van der Waals surface area contributed by atoms with Crippen molar-refractivity contribution in [1.82, 2.24) is 4.90 Å². The first kappa shape index (κ1) is 13.7.